The SMILES string of the molecule is COc1ccc2c(c1)C1(C=c3cccc4c3=c3c1cccc3=C4)c1cc(O)c3cc(OC)ccc3c1-2. The smallest absolute Gasteiger partial charge is 0.123 e. The van der Waals surface area contributed by atoms with Gasteiger partial charge >= 0.3 is 0 Å². The minimum atomic E-state index is -0.556. The minimum absolute atomic E-state index is 0.258. The van der Waals surface area contributed by atoms with E-state index in [-0.39, 0.29) is 5.75 Å². The van der Waals surface area contributed by atoms with Gasteiger partial charge in [0.05, 0.1) is 19.6 Å². The van der Waals surface area contributed by atoms with Gasteiger partial charge in [-0.3, -0.25) is 0 Å². The Labute approximate surface area is 207 Å². The summed E-state index contributed by atoms with van der Waals surface area (Å²) in [6.45, 7) is 0. The van der Waals surface area contributed by atoms with Crippen LogP contribution in [0.2, 0.25) is 0 Å². The number of aromatic hydroxyl groups is 1. The lowest BCUT2D eigenvalue weighted by Crippen LogP contribution is -2.32. The molecule has 3 heteroatoms. The lowest BCUT2D eigenvalue weighted by Gasteiger charge is -2.32. The molecule has 1 spiro atoms. The van der Waals surface area contributed by atoms with Crippen molar-refractivity contribution in [2.45, 2.75) is 5.41 Å². The molecule has 0 radical (unpaired) electrons. The molecule has 0 heterocycles. The number of fused-ring (bicyclic) bond motifs is 8. The molecule has 172 valence electrons. The maximum absolute atomic E-state index is 11.4. The summed E-state index contributed by atoms with van der Waals surface area (Å²) < 4.78 is 11.2. The Hall–Kier alpha value is -4.50. The molecule has 0 bridgehead atoms. The van der Waals surface area contributed by atoms with E-state index in [2.05, 4.69) is 66.7 Å². The lowest BCUT2D eigenvalue weighted by molar-refractivity contribution is 0.414. The van der Waals surface area contributed by atoms with E-state index in [1.54, 1.807) is 14.2 Å². The van der Waals surface area contributed by atoms with Crippen molar-refractivity contribution in [3.63, 3.8) is 0 Å². The van der Waals surface area contributed by atoms with Gasteiger partial charge in [0.15, 0.2) is 0 Å². The van der Waals surface area contributed by atoms with Crippen molar-refractivity contribution >= 4 is 22.9 Å². The van der Waals surface area contributed by atoms with Gasteiger partial charge in [0, 0.05) is 5.39 Å². The van der Waals surface area contributed by atoms with E-state index in [9.17, 15) is 5.11 Å². The van der Waals surface area contributed by atoms with Crippen LogP contribution in [0.15, 0.2) is 78.9 Å². The normalized spacial score (nSPS) is 17.3. The fourth-order valence-corrected chi connectivity index (χ4v) is 6.79. The maximum atomic E-state index is 11.4. The summed E-state index contributed by atoms with van der Waals surface area (Å²) in [7, 11) is 3.36. The highest BCUT2D eigenvalue weighted by atomic mass is 16.5. The van der Waals surface area contributed by atoms with E-state index in [1.807, 2.05) is 24.3 Å². The van der Waals surface area contributed by atoms with Crippen LogP contribution in [0, 0.1) is 10.4 Å². The number of hydrogen-bond donors (Lipinski definition) is 1. The van der Waals surface area contributed by atoms with Crippen molar-refractivity contribution in [2.75, 3.05) is 14.2 Å². The molecule has 5 aromatic rings. The molecule has 8 rings (SSSR count). The summed E-state index contributed by atoms with van der Waals surface area (Å²) >= 11 is 0. The van der Waals surface area contributed by atoms with E-state index in [1.165, 1.54) is 37.6 Å². The molecule has 1 unspecified atom stereocenters. The van der Waals surface area contributed by atoms with Crippen molar-refractivity contribution < 1.29 is 14.6 Å². The second-order valence-corrected chi connectivity index (χ2v) is 9.82. The van der Waals surface area contributed by atoms with Crippen LogP contribution >= 0.6 is 0 Å². The maximum Gasteiger partial charge on any atom is 0.123 e. The summed E-state index contributed by atoms with van der Waals surface area (Å²) in [5, 5.41) is 18.2. The van der Waals surface area contributed by atoms with Crippen LogP contribution in [0.25, 0.3) is 34.1 Å². The number of hydrogen-bond acceptors (Lipinski definition) is 3. The van der Waals surface area contributed by atoms with Gasteiger partial charge in [0.1, 0.15) is 17.2 Å². The molecule has 1 atom stereocenters. The van der Waals surface area contributed by atoms with Gasteiger partial charge < -0.3 is 14.6 Å². The van der Waals surface area contributed by atoms with Gasteiger partial charge in [-0.25, -0.2) is 0 Å². The highest BCUT2D eigenvalue weighted by Crippen LogP contribution is 2.58. The van der Waals surface area contributed by atoms with Gasteiger partial charge in [-0.1, -0.05) is 48.5 Å². The van der Waals surface area contributed by atoms with Crippen molar-refractivity contribution in [1.82, 2.24) is 0 Å². The lowest BCUT2D eigenvalue weighted by atomic mass is 9.69. The summed E-state index contributed by atoms with van der Waals surface area (Å²) in [5.74, 6) is 1.81. The fraction of sp³-hybridized carbons (Fsp3) is 0.0909. The standard InChI is InChI=1S/C33H22O3/c1-35-21-9-11-23-25(14-21)29(34)16-28-32(23)24-12-10-22(36-2)15-27(24)33(28)17-20-7-3-5-18-13-19-6-4-8-26(33)31(19)30(18)20/h3-17,34H,1-2H3. The third-order valence-electron chi connectivity index (χ3n) is 8.25. The van der Waals surface area contributed by atoms with Gasteiger partial charge in [0.25, 0.3) is 0 Å². The molecule has 5 aromatic carbocycles. The first kappa shape index (κ1) is 19.8. The zero-order valence-electron chi connectivity index (χ0n) is 19.9. The van der Waals surface area contributed by atoms with E-state index >= 15 is 0 Å². The average Bonchev–Trinajstić information content (AvgIpc) is 3.42. The largest absolute Gasteiger partial charge is 0.507 e. The van der Waals surface area contributed by atoms with Gasteiger partial charge in [-0.2, -0.15) is 0 Å². The number of phenolic OH excluding ortho intramolecular Hbond substituents is 1. The summed E-state index contributed by atoms with van der Waals surface area (Å²) in [6, 6.07) is 27.4. The summed E-state index contributed by atoms with van der Waals surface area (Å²) in [5.41, 5.74) is 6.54. The highest BCUT2D eigenvalue weighted by Gasteiger charge is 2.46. The predicted molar refractivity (Wildman–Crippen MR) is 142 cm³/mol. The molecule has 0 aromatic heterocycles. The monoisotopic (exact) mass is 466 g/mol. The molecule has 0 saturated heterocycles. The Morgan fingerprint density at radius 2 is 1.44 bits per heavy atom. The van der Waals surface area contributed by atoms with Crippen molar-refractivity contribution in [1.29, 1.82) is 0 Å². The number of rotatable bonds is 2. The molecule has 0 fully saturated rings. The zero-order chi connectivity index (χ0) is 24.2. The second kappa shape index (κ2) is 6.58. The zero-order valence-corrected chi connectivity index (χ0v) is 19.9. The van der Waals surface area contributed by atoms with Crippen molar-refractivity contribution in [2.24, 2.45) is 0 Å². The van der Waals surface area contributed by atoms with E-state index < -0.39 is 5.41 Å². The quantitative estimate of drug-likeness (QED) is 0.386. The third kappa shape index (κ3) is 2.19. The van der Waals surface area contributed by atoms with Crippen LogP contribution in [0.3, 0.4) is 0 Å². The van der Waals surface area contributed by atoms with Crippen LogP contribution in [0.1, 0.15) is 22.3 Å². The molecule has 3 aliphatic carbocycles. The molecule has 1 N–H and O–H groups in total. The molecular formula is C33H22O3. The fourth-order valence-electron chi connectivity index (χ4n) is 6.79. The first-order valence-electron chi connectivity index (χ1n) is 12.1. The molecule has 3 aliphatic rings. The molecule has 36 heavy (non-hydrogen) atoms. The minimum Gasteiger partial charge on any atom is -0.507 e. The van der Waals surface area contributed by atoms with Crippen LogP contribution < -0.4 is 19.9 Å². The van der Waals surface area contributed by atoms with Crippen molar-refractivity contribution in [3.05, 3.63) is 122 Å². The van der Waals surface area contributed by atoms with Gasteiger partial charge in [-0.15, -0.1) is 0 Å². The second-order valence-electron chi connectivity index (χ2n) is 9.82. The Balaban J connectivity index is 1.63. The van der Waals surface area contributed by atoms with E-state index in [0.29, 0.717) is 0 Å². The topological polar surface area (TPSA) is 38.7 Å². The molecule has 0 aliphatic heterocycles. The van der Waals surface area contributed by atoms with E-state index in [4.69, 9.17) is 9.47 Å². The van der Waals surface area contributed by atoms with Gasteiger partial charge in [0.2, 0.25) is 0 Å². The first-order chi connectivity index (χ1) is 17.6. The van der Waals surface area contributed by atoms with Crippen molar-refractivity contribution in [3.8, 4) is 28.4 Å². The molecule has 0 amide bonds. The Bertz CT molecular complexity index is 2040. The number of benzene rings is 5. The molecule has 3 nitrogen and oxygen atoms in total. The Morgan fingerprint density at radius 3 is 2.31 bits per heavy atom. The van der Waals surface area contributed by atoms with E-state index in [0.717, 1.165) is 39.0 Å². The van der Waals surface area contributed by atoms with Crippen LogP contribution in [-0.2, 0) is 5.41 Å². The Morgan fingerprint density at radius 1 is 0.667 bits per heavy atom. The van der Waals surface area contributed by atoms with Gasteiger partial charge in [-0.05, 0) is 102 Å². The van der Waals surface area contributed by atoms with Crippen LogP contribution in [-0.4, -0.2) is 19.3 Å². The van der Waals surface area contributed by atoms with Crippen LogP contribution in [0.4, 0.5) is 0 Å². The highest BCUT2D eigenvalue weighted by molar-refractivity contribution is 6.07. The van der Waals surface area contributed by atoms with Crippen LogP contribution in [0.5, 0.6) is 17.2 Å². The molecular weight excluding hydrogens is 444 g/mol. The average molecular weight is 467 g/mol. The summed E-state index contributed by atoms with van der Waals surface area (Å²) in [6.07, 6.45) is 4.69. The Kier molecular flexibility index (Phi) is 3.61. The molecule has 0 saturated carbocycles. The third-order valence-corrected chi connectivity index (χ3v) is 8.25. The first-order valence-corrected chi connectivity index (χ1v) is 12.1. The number of phenols is 1. The summed E-state index contributed by atoms with van der Waals surface area (Å²) in [4.78, 5) is 0. The number of ether oxygens (including phenoxy) is 2. The predicted octanol–water partition coefficient (Wildman–Crippen LogP) is 5.10. The number of methoxy groups -OCH3 is 2.